The summed E-state index contributed by atoms with van der Waals surface area (Å²) < 4.78 is 0. The number of carbonyl (C=O) groups is 1. The number of rotatable bonds is 4. The summed E-state index contributed by atoms with van der Waals surface area (Å²) in [6, 6.07) is 18.9. The Morgan fingerprint density at radius 1 is 1.03 bits per heavy atom. The van der Waals surface area contributed by atoms with Gasteiger partial charge in [0.05, 0.1) is 21.7 Å². The van der Waals surface area contributed by atoms with Gasteiger partial charge in [0.15, 0.2) is 0 Å². The maximum atomic E-state index is 13.0. The van der Waals surface area contributed by atoms with Gasteiger partial charge < -0.3 is 5.32 Å². The molecule has 29 heavy (non-hydrogen) atoms. The number of aromatic nitrogens is 2. The quantitative estimate of drug-likeness (QED) is 0.376. The van der Waals surface area contributed by atoms with E-state index in [9.17, 15) is 14.9 Å². The molecular weight excluding hydrogens is 392 g/mol. The minimum Gasteiger partial charge on any atom is -0.307 e. The lowest BCUT2D eigenvalue weighted by atomic mass is 10.0. The lowest BCUT2D eigenvalue weighted by Crippen LogP contribution is -2.14. The van der Waals surface area contributed by atoms with E-state index < -0.39 is 10.8 Å². The zero-order valence-corrected chi connectivity index (χ0v) is 15.6. The first-order valence-electron chi connectivity index (χ1n) is 8.59. The Morgan fingerprint density at radius 2 is 1.79 bits per heavy atom. The molecule has 7 nitrogen and oxygen atoms in total. The Labute approximate surface area is 170 Å². The minimum absolute atomic E-state index is 0.154. The molecule has 0 radical (unpaired) electrons. The van der Waals surface area contributed by atoms with E-state index in [1.165, 1.54) is 12.1 Å². The summed E-state index contributed by atoms with van der Waals surface area (Å²) in [6.07, 6.45) is 1.09. The van der Waals surface area contributed by atoms with Gasteiger partial charge >= 0.3 is 0 Å². The van der Waals surface area contributed by atoms with Crippen LogP contribution in [0.5, 0.6) is 0 Å². The molecular formula is C21H13ClN4O3. The number of pyridine rings is 2. The molecule has 2 heterocycles. The third kappa shape index (κ3) is 3.76. The molecule has 0 unspecified atom stereocenters. The molecule has 1 N–H and O–H groups in total. The fourth-order valence-corrected chi connectivity index (χ4v) is 3.15. The lowest BCUT2D eigenvalue weighted by Gasteiger charge is -2.11. The van der Waals surface area contributed by atoms with Crippen molar-refractivity contribution in [3.8, 4) is 11.3 Å². The molecule has 0 aliphatic heterocycles. The summed E-state index contributed by atoms with van der Waals surface area (Å²) in [6.45, 7) is 0. The molecule has 0 aliphatic carbocycles. The number of para-hydroxylation sites is 1. The van der Waals surface area contributed by atoms with Gasteiger partial charge in [0, 0.05) is 22.0 Å². The number of carbonyl (C=O) groups excluding carboxylic acids is 1. The van der Waals surface area contributed by atoms with Crippen molar-refractivity contribution in [3.05, 3.63) is 93.6 Å². The number of anilines is 1. The van der Waals surface area contributed by atoms with Gasteiger partial charge in [-0.15, -0.1) is 0 Å². The van der Waals surface area contributed by atoms with Crippen molar-refractivity contribution in [2.24, 2.45) is 0 Å². The number of benzene rings is 2. The average molecular weight is 405 g/mol. The number of nitrogens with one attached hydrogen (secondary N) is 1. The maximum Gasteiger partial charge on any atom is 0.287 e. The largest absolute Gasteiger partial charge is 0.307 e. The van der Waals surface area contributed by atoms with Crippen LogP contribution < -0.4 is 5.32 Å². The molecule has 0 spiro atoms. The summed E-state index contributed by atoms with van der Waals surface area (Å²) in [5, 5.41) is 14.6. The van der Waals surface area contributed by atoms with Crippen molar-refractivity contribution in [2.75, 3.05) is 5.32 Å². The third-order valence-electron chi connectivity index (χ3n) is 4.31. The second-order valence-corrected chi connectivity index (χ2v) is 6.57. The van der Waals surface area contributed by atoms with Crippen LogP contribution in [0.4, 0.5) is 11.5 Å². The molecule has 8 heteroatoms. The van der Waals surface area contributed by atoms with Crippen LogP contribution in [-0.4, -0.2) is 20.8 Å². The van der Waals surface area contributed by atoms with Crippen LogP contribution in [0, 0.1) is 10.1 Å². The standard InChI is InChI=1S/C21H13ClN4O3/c22-17-7-3-1-6-15(17)19-11-16(14-5-2-4-8-18(14)24-19)21(27)25-20-10-9-13(12-23-20)26(28)29/h1-12H,(H,23,25,27). The van der Waals surface area contributed by atoms with E-state index in [-0.39, 0.29) is 11.5 Å². The summed E-state index contributed by atoms with van der Waals surface area (Å²) in [4.78, 5) is 31.7. The highest BCUT2D eigenvalue weighted by Crippen LogP contribution is 2.30. The van der Waals surface area contributed by atoms with Crippen LogP contribution in [0.15, 0.2) is 72.9 Å². The number of hydrogen-bond donors (Lipinski definition) is 1. The molecule has 4 rings (SSSR count). The Hall–Kier alpha value is -3.84. The second-order valence-electron chi connectivity index (χ2n) is 6.16. The first-order valence-corrected chi connectivity index (χ1v) is 8.97. The number of hydrogen-bond acceptors (Lipinski definition) is 5. The lowest BCUT2D eigenvalue weighted by molar-refractivity contribution is -0.385. The predicted octanol–water partition coefficient (Wildman–Crippen LogP) is 5.11. The molecule has 0 aliphatic rings. The van der Waals surface area contributed by atoms with E-state index in [4.69, 9.17) is 11.6 Å². The molecule has 2 aromatic heterocycles. The van der Waals surface area contributed by atoms with Crippen LogP contribution in [0.25, 0.3) is 22.2 Å². The van der Waals surface area contributed by atoms with Crippen molar-refractivity contribution in [3.63, 3.8) is 0 Å². The van der Waals surface area contributed by atoms with Gasteiger partial charge in [0.2, 0.25) is 0 Å². The molecule has 4 aromatic rings. The fraction of sp³-hybridized carbons (Fsp3) is 0. The van der Waals surface area contributed by atoms with Gasteiger partial charge in [0.1, 0.15) is 12.0 Å². The molecule has 2 aromatic carbocycles. The Bertz CT molecular complexity index is 1240. The van der Waals surface area contributed by atoms with Gasteiger partial charge in [-0.25, -0.2) is 9.97 Å². The van der Waals surface area contributed by atoms with E-state index in [0.29, 0.717) is 32.7 Å². The van der Waals surface area contributed by atoms with Gasteiger partial charge in [-0.05, 0) is 24.3 Å². The number of nitrogens with zero attached hydrogens (tertiary/aromatic N) is 3. The second kappa shape index (κ2) is 7.65. The van der Waals surface area contributed by atoms with E-state index in [0.717, 1.165) is 6.20 Å². The number of halogens is 1. The highest BCUT2D eigenvalue weighted by molar-refractivity contribution is 6.33. The molecule has 0 bridgehead atoms. The van der Waals surface area contributed by atoms with Crippen molar-refractivity contribution >= 4 is 39.9 Å². The van der Waals surface area contributed by atoms with Crippen molar-refractivity contribution in [2.45, 2.75) is 0 Å². The number of amides is 1. The van der Waals surface area contributed by atoms with Gasteiger partial charge in [-0.3, -0.25) is 14.9 Å². The Kier molecular flexibility index (Phi) is 4.88. The third-order valence-corrected chi connectivity index (χ3v) is 4.64. The highest BCUT2D eigenvalue weighted by atomic mass is 35.5. The van der Waals surface area contributed by atoms with E-state index in [1.54, 1.807) is 18.2 Å². The van der Waals surface area contributed by atoms with Crippen LogP contribution in [0.1, 0.15) is 10.4 Å². The van der Waals surface area contributed by atoms with Crippen molar-refractivity contribution < 1.29 is 9.72 Å². The molecule has 0 saturated carbocycles. The maximum absolute atomic E-state index is 13.0. The average Bonchev–Trinajstić information content (AvgIpc) is 2.73. The van der Waals surface area contributed by atoms with Crippen molar-refractivity contribution in [1.82, 2.24) is 9.97 Å². The van der Waals surface area contributed by atoms with Crippen LogP contribution in [0.2, 0.25) is 5.02 Å². The zero-order valence-electron chi connectivity index (χ0n) is 14.9. The van der Waals surface area contributed by atoms with E-state index in [2.05, 4.69) is 15.3 Å². The van der Waals surface area contributed by atoms with E-state index in [1.807, 2.05) is 36.4 Å². The summed E-state index contributed by atoms with van der Waals surface area (Å²) in [5.41, 5.74) is 2.16. The topological polar surface area (TPSA) is 98.0 Å². The minimum atomic E-state index is -0.551. The van der Waals surface area contributed by atoms with Crippen LogP contribution in [-0.2, 0) is 0 Å². The van der Waals surface area contributed by atoms with Gasteiger partial charge in [-0.2, -0.15) is 0 Å². The molecule has 0 atom stereocenters. The SMILES string of the molecule is O=C(Nc1ccc([N+](=O)[O-])cn1)c1cc(-c2ccccc2Cl)nc2ccccc12. The van der Waals surface area contributed by atoms with Gasteiger partial charge in [-0.1, -0.05) is 48.0 Å². The molecule has 1 amide bonds. The predicted molar refractivity (Wildman–Crippen MR) is 111 cm³/mol. The van der Waals surface area contributed by atoms with Crippen molar-refractivity contribution in [1.29, 1.82) is 0 Å². The summed E-state index contributed by atoms with van der Waals surface area (Å²) in [7, 11) is 0. The summed E-state index contributed by atoms with van der Waals surface area (Å²) in [5.74, 6) is -0.195. The summed E-state index contributed by atoms with van der Waals surface area (Å²) >= 11 is 6.31. The van der Waals surface area contributed by atoms with Gasteiger partial charge in [0.25, 0.3) is 11.6 Å². The Balaban J connectivity index is 1.76. The monoisotopic (exact) mass is 404 g/mol. The molecule has 142 valence electrons. The first kappa shape index (κ1) is 18.5. The molecule has 0 fully saturated rings. The Morgan fingerprint density at radius 3 is 2.52 bits per heavy atom. The first-order chi connectivity index (χ1) is 14.0. The smallest absolute Gasteiger partial charge is 0.287 e. The fourth-order valence-electron chi connectivity index (χ4n) is 2.92. The number of nitro groups is 1. The zero-order chi connectivity index (χ0) is 20.4. The van der Waals surface area contributed by atoms with Crippen LogP contribution >= 0.6 is 11.6 Å². The molecule has 0 saturated heterocycles. The highest BCUT2D eigenvalue weighted by Gasteiger charge is 2.16. The normalized spacial score (nSPS) is 10.7. The van der Waals surface area contributed by atoms with E-state index >= 15 is 0 Å². The number of fused-ring (bicyclic) bond motifs is 1. The van der Waals surface area contributed by atoms with Crippen LogP contribution in [0.3, 0.4) is 0 Å².